The fraction of sp³-hybridized carbons (Fsp3) is 0.250. The van der Waals surface area contributed by atoms with Gasteiger partial charge in [0.15, 0.2) is 0 Å². The lowest BCUT2D eigenvalue weighted by atomic mass is 9.97. The van der Waals surface area contributed by atoms with E-state index in [-0.39, 0.29) is 6.04 Å². The predicted molar refractivity (Wildman–Crippen MR) is 122 cm³/mol. The second kappa shape index (κ2) is 9.73. The molecule has 2 aromatic heterocycles. The van der Waals surface area contributed by atoms with Gasteiger partial charge in [0.25, 0.3) is 0 Å². The van der Waals surface area contributed by atoms with E-state index in [1.807, 2.05) is 56.6 Å². The molecule has 0 saturated carbocycles. The molecule has 3 rings (SSSR count). The number of anilines is 1. The van der Waals surface area contributed by atoms with Crippen LogP contribution in [0.15, 0.2) is 82.7 Å². The van der Waals surface area contributed by atoms with Gasteiger partial charge in [0.1, 0.15) is 5.82 Å². The first-order chi connectivity index (χ1) is 14.1. The molecule has 0 spiro atoms. The van der Waals surface area contributed by atoms with Crippen LogP contribution in [-0.4, -0.2) is 29.4 Å². The predicted octanol–water partition coefficient (Wildman–Crippen LogP) is 5.16. The highest BCUT2D eigenvalue weighted by Crippen LogP contribution is 2.36. The lowest BCUT2D eigenvalue weighted by molar-refractivity contribution is 0.773. The summed E-state index contributed by atoms with van der Waals surface area (Å²) >= 11 is 0. The van der Waals surface area contributed by atoms with Gasteiger partial charge < -0.3 is 4.90 Å². The zero-order valence-electron chi connectivity index (χ0n) is 17.1. The Balaban J connectivity index is 2.25. The summed E-state index contributed by atoms with van der Waals surface area (Å²) in [5.74, 6) is 0.840. The average Bonchev–Trinajstić information content (AvgIpc) is 3.00. The average molecular weight is 386 g/mol. The normalized spacial score (nSPS) is 15.2. The maximum atomic E-state index is 4.82. The Morgan fingerprint density at radius 1 is 1.21 bits per heavy atom. The van der Waals surface area contributed by atoms with E-state index in [0.717, 1.165) is 53.4 Å². The molecule has 2 aromatic rings. The molecule has 1 aliphatic rings. The Bertz CT molecular complexity index is 953. The van der Waals surface area contributed by atoms with Gasteiger partial charge in [-0.3, -0.25) is 15.0 Å². The van der Waals surface area contributed by atoms with Crippen molar-refractivity contribution in [2.24, 2.45) is 9.98 Å². The number of rotatable bonds is 7. The van der Waals surface area contributed by atoms with Gasteiger partial charge in [0, 0.05) is 36.5 Å². The lowest BCUT2D eigenvalue weighted by Crippen LogP contribution is -2.31. The summed E-state index contributed by atoms with van der Waals surface area (Å²) < 4.78 is 0. The summed E-state index contributed by atoms with van der Waals surface area (Å²) in [6, 6.07) is 9.92. The van der Waals surface area contributed by atoms with E-state index >= 15 is 0 Å². The van der Waals surface area contributed by atoms with Gasteiger partial charge >= 0.3 is 0 Å². The molecule has 0 radical (unpaired) electrons. The van der Waals surface area contributed by atoms with Crippen LogP contribution in [0.4, 0.5) is 5.82 Å². The third-order valence-corrected chi connectivity index (χ3v) is 4.77. The van der Waals surface area contributed by atoms with E-state index in [4.69, 9.17) is 4.98 Å². The molecule has 0 saturated heterocycles. The fourth-order valence-corrected chi connectivity index (χ4v) is 3.35. The molecule has 0 bridgehead atoms. The van der Waals surface area contributed by atoms with Crippen molar-refractivity contribution >= 4 is 18.7 Å². The molecule has 0 amide bonds. The first-order valence-electron chi connectivity index (χ1n) is 9.78. The molecule has 5 heteroatoms. The third kappa shape index (κ3) is 4.93. The van der Waals surface area contributed by atoms with Crippen molar-refractivity contribution in [3.05, 3.63) is 89.7 Å². The number of aliphatic imine (C=N–C) groups is 2. The van der Waals surface area contributed by atoms with Crippen molar-refractivity contribution < 1.29 is 0 Å². The van der Waals surface area contributed by atoms with Gasteiger partial charge in [0.05, 0.1) is 11.7 Å². The molecule has 0 fully saturated rings. The molecule has 0 aliphatic carbocycles. The zero-order chi connectivity index (χ0) is 20.6. The maximum absolute atomic E-state index is 4.82. The molecule has 1 aliphatic heterocycles. The van der Waals surface area contributed by atoms with Crippen LogP contribution in [0.3, 0.4) is 0 Å². The number of nitrogens with zero attached hydrogens (tertiary/aromatic N) is 5. The van der Waals surface area contributed by atoms with Gasteiger partial charge in [0.2, 0.25) is 0 Å². The van der Waals surface area contributed by atoms with Gasteiger partial charge in [-0.15, -0.1) is 0 Å². The molecule has 0 N–H and O–H groups in total. The SMILES string of the molecule is C=C/C(=C\N=C)C(c1ccc(C)nc1)N(C1=CCCCN=C1)c1cccc(C)n1. The third-order valence-electron chi connectivity index (χ3n) is 4.77. The number of aromatic nitrogens is 2. The number of allylic oxidation sites excluding steroid dienone is 2. The van der Waals surface area contributed by atoms with Crippen LogP contribution in [0.1, 0.15) is 35.8 Å². The van der Waals surface area contributed by atoms with Gasteiger partial charge in [-0.1, -0.05) is 30.9 Å². The minimum atomic E-state index is -0.212. The summed E-state index contributed by atoms with van der Waals surface area (Å²) in [6.45, 7) is 12.5. The van der Waals surface area contributed by atoms with Crippen LogP contribution in [0.2, 0.25) is 0 Å². The van der Waals surface area contributed by atoms with Gasteiger partial charge in [-0.2, -0.15) is 0 Å². The second-order valence-electron chi connectivity index (χ2n) is 6.96. The molecule has 3 heterocycles. The minimum Gasteiger partial charge on any atom is -0.313 e. The summed E-state index contributed by atoms with van der Waals surface area (Å²) in [7, 11) is 0. The Labute approximate surface area is 173 Å². The van der Waals surface area contributed by atoms with Gasteiger partial charge in [-0.05, 0) is 62.7 Å². The summed E-state index contributed by atoms with van der Waals surface area (Å²) in [5.41, 5.74) is 4.85. The van der Waals surface area contributed by atoms with E-state index in [2.05, 4.69) is 45.3 Å². The van der Waals surface area contributed by atoms with Crippen molar-refractivity contribution in [3.63, 3.8) is 0 Å². The number of hydrogen-bond acceptors (Lipinski definition) is 5. The maximum Gasteiger partial charge on any atom is 0.134 e. The summed E-state index contributed by atoms with van der Waals surface area (Å²) in [4.78, 5) is 20.1. The van der Waals surface area contributed by atoms with Crippen molar-refractivity contribution in [3.8, 4) is 0 Å². The van der Waals surface area contributed by atoms with E-state index in [9.17, 15) is 0 Å². The van der Waals surface area contributed by atoms with E-state index in [1.165, 1.54) is 0 Å². The topological polar surface area (TPSA) is 53.7 Å². The van der Waals surface area contributed by atoms with Crippen molar-refractivity contribution in [2.45, 2.75) is 32.7 Å². The monoisotopic (exact) mass is 385 g/mol. The zero-order valence-corrected chi connectivity index (χ0v) is 17.1. The largest absolute Gasteiger partial charge is 0.313 e. The second-order valence-corrected chi connectivity index (χ2v) is 6.96. The van der Waals surface area contributed by atoms with Crippen LogP contribution in [0.5, 0.6) is 0 Å². The summed E-state index contributed by atoms with van der Waals surface area (Å²) in [5, 5.41) is 0. The smallest absolute Gasteiger partial charge is 0.134 e. The first kappa shape index (κ1) is 20.4. The van der Waals surface area contributed by atoms with Crippen LogP contribution in [0.25, 0.3) is 0 Å². The quantitative estimate of drug-likeness (QED) is 0.489. The highest BCUT2D eigenvalue weighted by atomic mass is 15.2. The molecular formula is C24H27N5. The molecule has 5 nitrogen and oxygen atoms in total. The van der Waals surface area contributed by atoms with Crippen molar-refractivity contribution in [2.75, 3.05) is 11.4 Å². The lowest BCUT2D eigenvalue weighted by Gasteiger charge is -2.34. The molecule has 0 aromatic carbocycles. The number of hydrogen-bond donors (Lipinski definition) is 0. The van der Waals surface area contributed by atoms with E-state index in [1.54, 1.807) is 6.20 Å². The van der Waals surface area contributed by atoms with Crippen LogP contribution >= 0.6 is 0 Å². The Morgan fingerprint density at radius 3 is 2.76 bits per heavy atom. The van der Waals surface area contributed by atoms with Crippen molar-refractivity contribution in [1.82, 2.24) is 9.97 Å². The fourth-order valence-electron chi connectivity index (χ4n) is 3.35. The Kier molecular flexibility index (Phi) is 6.85. The molecule has 1 unspecified atom stereocenters. The summed E-state index contributed by atoms with van der Waals surface area (Å²) in [6.07, 6.45) is 11.6. The van der Waals surface area contributed by atoms with E-state index in [0.29, 0.717) is 0 Å². The van der Waals surface area contributed by atoms with Crippen LogP contribution in [0, 0.1) is 13.8 Å². The highest BCUT2D eigenvalue weighted by molar-refractivity contribution is 5.85. The van der Waals surface area contributed by atoms with Gasteiger partial charge in [-0.25, -0.2) is 4.98 Å². The highest BCUT2D eigenvalue weighted by Gasteiger charge is 2.27. The molecule has 1 atom stereocenters. The Hall–Kier alpha value is -3.34. The van der Waals surface area contributed by atoms with Crippen molar-refractivity contribution in [1.29, 1.82) is 0 Å². The first-order valence-corrected chi connectivity index (χ1v) is 9.78. The molecule has 148 valence electrons. The molecule has 29 heavy (non-hydrogen) atoms. The van der Waals surface area contributed by atoms with Crippen LogP contribution in [-0.2, 0) is 0 Å². The van der Waals surface area contributed by atoms with Crippen LogP contribution < -0.4 is 4.90 Å². The standard InChI is InChI=1S/C24H27N5/c1-5-20(15-25-4)24(21-13-12-18(2)27-16-21)29(22-10-6-7-14-26-17-22)23-11-8-9-19(3)28-23/h5,8-13,15-17,24H,1,4,6-7,14H2,2-3H3/b20-15+. The number of pyridine rings is 2. The molecular weight excluding hydrogens is 358 g/mol. The Morgan fingerprint density at radius 2 is 2.07 bits per heavy atom. The minimum absolute atomic E-state index is 0.212. The van der Waals surface area contributed by atoms with E-state index < -0.39 is 0 Å². The number of aryl methyl sites for hydroxylation is 2.